The van der Waals surface area contributed by atoms with E-state index in [-0.39, 0.29) is 0 Å². The lowest BCUT2D eigenvalue weighted by atomic mass is 10.1. The third-order valence-corrected chi connectivity index (χ3v) is 3.68. The highest BCUT2D eigenvalue weighted by molar-refractivity contribution is 7.71. The van der Waals surface area contributed by atoms with Crippen LogP contribution >= 0.6 is 12.2 Å². The van der Waals surface area contributed by atoms with Gasteiger partial charge in [0, 0.05) is 5.56 Å². The molecule has 0 aliphatic heterocycles. The number of nitrogens with zero attached hydrogens (tertiary/aromatic N) is 3. The standard InChI is InChI=1S/C16H16N4O4S/c1-21-12-7-10(8-13(22-2)14(12)23-3)15-18-19-16(25)20(15)17-9-11-5-4-6-24-11/h4-9H,1-3H3,(H,19,25)/b17-9+. The molecule has 0 bridgehead atoms. The Labute approximate surface area is 148 Å². The van der Waals surface area contributed by atoms with Crippen molar-refractivity contribution >= 4 is 18.4 Å². The van der Waals surface area contributed by atoms with Crippen molar-refractivity contribution in [3.05, 3.63) is 41.1 Å². The van der Waals surface area contributed by atoms with E-state index >= 15 is 0 Å². The Morgan fingerprint density at radius 2 is 1.92 bits per heavy atom. The van der Waals surface area contributed by atoms with E-state index in [4.69, 9.17) is 30.8 Å². The van der Waals surface area contributed by atoms with Crippen LogP contribution in [0.25, 0.3) is 11.4 Å². The van der Waals surface area contributed by atoms with E-state index in [0.29, 0.717) is 39.2 Å². The van der Waals surface area contributed by atoms with Gasteiger partial charge in [-0.15, -0.1) is 0 Å². The molecule has 0 aliphatic rings. The second-order valence-electron chi connectivity index (χ2n) is 4.84. The van der Waals surface area contributed by atoms with Crippen molar-refractivity contribution in [3.8, 4) is 28.6 Å². The van der Waals surface area contributed by atoms with E-state index in [2.05, 4.69) is 15.3 Å². The number of rotatable bonds is 6. The molecule has 0 aliphatic carbocycles. The molecule has 0 fully saturated rings. The fraction of sp³-hybridized carbons (Fsp3) is 0.188. The van der Waals surface area contributed by atoms with Gasteiger partial charge in [0.25, 0.3) is 0 Å². The minimum atomic E-state index is 0.339. The number of H-pyrrole nitrogens is 1. The Morgan fingerprint density at radius 3 is 2.48 bits per heavy atom. The Morgan fingerprint density at radius 1 is 1.20 bits per heavy atom. The van der Waals surface area contributed by atoms with E-state index in [1.807, 2.05) is 0 Å². The normalized spacial score (nSPS) is 11.0. The van der Waals surface area contributed by atoms with Gasteiger partial charge in [0.2, 0.25) is 10.5 Å². The number of hydrogen-bond acceptors (Lipinski definition) is 7. The minimum absolute atomic E-state index is 0.339. The molecule has 2 heterocycles. The van der Waals surface area contributed by atoms with E-state index < -0.39 is 0 Å². The number of aromatic amines is 1. The number of aromatic nitrogens is 3. The summed E-state index contributed by atoms with van der Waals surface area (Å²) in [7, 11) is 4.64. The molecule has 0 saturated carbocycles. The van der Waals surface area contributed by atoms with Gasteiger partial charge < -0.3 is 18.6 Å². The molecule has 8 nitrogen and oxygen atoms in total. The summed E-state index contributed by atoms with van der Waals surface area (Å²) in [5.41, 5.74) is 0.693. The van der Waals surface area contributed by atoms with Gasteiger partial charge in [-0.2, -0.15) is 14.9 Å². The highest BCUT2D eigenvalue weighted by Gasteiger charge is 2.17. The molecular weight excluding hydrogens is 344 g/mol. The SMILES string of the molecule is COc1cc(-c2n[nH]c(=S)n2/N=C/c2ccco2)cc(OC)c1OC. The molecule has 3 aromatic rings. The molecule has 25 heavy (non-hydrogen) atoms. The monoisotopic (exact) mass is 360 g/mol. The largest absolute Gasteiger partial charge is 0.493 e. The van der Waals surface area contributed by atoms with Crippen LogP contribution in [0.2, 0.25) is 0 Å². The Hall–Kier alpha value is -3.07. The number of benzene rings is 1. The quantitative estimate of drug-likeness (QED) is 0.537. The van der Waals surface area contributed by atoms with E-state index in [0.717, 1.165) is 0 Å². The number of furan rings is 1. The summed E-state index contributed by atoms with van der Waals surface area (Å²) in [6.07, 6.45) is 3.11. The zero-order chi connectivity index (χ0) is 17.8. The Kier molecular flexibility index (Phi) is 4.85. The van der Waals surface area contributed by atoms with Crippen LogP contribution in [0.5, 0.6) is 17.2 Å². The van der Waals surface area contributed by atoms with E-state index in [1.54, 1.807) is 58.1 Å². The molecule has 0 radical (unpaired) electrons. The van der Waals surface area contributed by atoms with Crippen molar-refractivity contribution in [3.63, 3.8) is 0 Å². The average Bonchev–Trinajstić information content (AvgIpc) is 3.28. The van der Waals surface area contributed by atoms with E-state index in [1.165, 1.54) is 4.68 Å². The predicted octanol–water partition coefficient (Wildman–Crippen LogP) is 3.11. The molecule has 1 aromatic carbocycles. The topological polar surface area (TPSA) is 86.8 Å². The zero-order valence-electron chi connectivity index (χ0n) is 13.8. The molecule has 0 atom stereocenters. The second kappa shape index (κ2) is 7.22. The van der Waals surface area contributed by atoms with Crippen LogP contribution in [0.15, 0.2) is 40.0 Å². The third-order valence-electron chi connectivity index (χ3n) is 3.42. The molecule has 3 rings (SSSR count). The van der Waals surface area contributed by atoms with Gasteiger partial charge in [-0.25, -0.2) is 5.10 Å². The van der Waals surface area contributed by atoms with Gasteiger partial charge in [0.15, 0.2) is 17.3 Å². The maximum atomic E-state index is 5.37. The van der Waals surface area contributed by atoms with Gasteiger partial charge in [0.05, 0.1) is 33.8 Å². The smallest absolute Gasteiger partial charge is 0.216 e. The number of methoxy groups -OCH3 is 3. The summed E-state index contributed by atoms with van der Waals surface area (Å²) in [4.78, 5) is 0. The predicted molar refractivity (Wildman–Crippen MR) is 94.2 cm³/mol. The summed E-state index contributed by atoms with van der Waals surface area (Å²) in [6, 6.07) is 7.10. The molecule has 1 N–H and O–H groups in total. The molecule has 0 saturated heterocycles. The van der Waals surface area contributed by atoms with Gasteiger partial charge >= 0.3 is 0 Å². The zero-order valence-corrected chi connectivity index (χ0v) is 14.7. The van der Waals surface area contributed by atoms with Crippen molar-refractivity contribution in [1.82, 2.24) is 14.9 Å². The van der Waals surface area contributed by atoms with Crippen molar-refractivity contribution in [2.45, 2.75) is 0 Å². The summed E-state index contributed by atoms with van der Waals surface area (Å²) in [5.74, 6) is 2.60. The van der Waals surface area contributed by atoms with Crippen molar-refractivity contribution in [1.29, 1.82) is 0 Å². The maximum absolute atomic E-state index is 5.37. The van der Waals surface area contributed by atoms with E-state index in [9.17, 15) is 0 Å². The first kappa shape index (κ1) is 16.8. The molecule has 2 aromatic heterocycles. The van der Waals surface area contributed by atoms with Crippen LogP contribution in [-0.2, 0) is 0 Å². The van der Waals surface area contributed by atoms with Crippen molar-refractivity contribution in [2.24, 2.45) is 5.10 Å². The van der Waals surface area contributed by atoms with Gasteiger partial charge in [-0.3, -0.25) is 0 Å². The highest BCUT2D eigenvalue weighted by atomic mass is 32.1. The lowest BCUT2D eigenvalue weighted by Crippen LogP contribution is -1.98. The van der Waals surface area contributed by atoms with Crippen LogP contribution in [0.1, 0.15) is 5.76 Å². The first-order valence-corrected chi connectivity index (χ1v) is 7.64. The molecule has 0 amide bonds. The molecular formula is C16H16N4O4S. The fourth-order valence-electron chi connectivity index (χ4n) is 2.28. The Balaban J connectivity index is 2.10. The first-order valence-electron chi connectivity index (χ1n) is 7.23. The average molecular weight is 360 g/mol. The second-order valence-corrected chi connectivity index (χ2v) is 5.22. The molecule has 0 spiro atoms. The van der Waals surface area contributed by atoms with Crippen LogP contribution < -0.4 is 14.2 Å². The maximum Gasteiger partial charge on any atom is 0.216 e. The van der Waals surface area contributed by atoms with Gasteiger partial charge in [-0.1, -0.05) is 0 Å². The van der Waals surface area contributed by atoms with Crippen LogP contribution in [0.3, 0.4) is 0 Å². The van der Waals surface area contributed by atoms with Crippen molar-refractivity contribution < 1.29 is 18.6 Å². The number of nitrogens with one attached hydrogen (secondary N) is 1. The molecule has 130 valence electrons. The third kappa shape index (κ3) is 3.26. The summed E-state index contributed by atoms with van der Waals surface area (Å²) >= 11 is 5.25. The molecule has 0 unspecified atom stereocenters. The van der Waals surface area contributed by atoms with Crippen molar-refractivity contribution in [2.75, 3.05) is 21.3 Å². The highest BCUT2D eigenvalue weighted by Crippen LogP contribution is 2.40. The van der Waals surface area contributed by atoms with Crippen LogP contribution in [0.4, 0.5) is 0 Å². The number of ether oxygens (including phenoxy) is 3. The summed E-state index contributed by atoms with van der Waals surface area (Å²) in [5, 5.41) is 11.3. The molecule has 9 heteroatoms. The first-order chi connectivity index (χ1) is 12.2. The van der Waals surface area contributed by atoms with Gasteiger partial charge in [0.1, 0.15) is 5.76 Å². The minimum Gasteiger partial charge on any atom is -0.493 e. The summed E-state index contributed by atoms with van der Waals surface area (Å²) in [6.45, 7) is 0. The Bertz CT molecular complexity index is 918. The van der Waals surface area contributed by atoms with Gasteiger partial charge in [-0.05, 0) is 36.5 Å². The van der Waals surface area contributed by atoms with Crippen LogP contribution in [0, 0.1) is 4.77 Å². The van der Waals surface area contributed by atoms with Crippen LogP contribution in [-0.4, -0.2) is 42.4 Å². The number of hydrogen-bond donors (Lipinski definition) is 1. The lowest BCUT2D eigenvalue weighted by molar-refractivity contribution is 0.324. The fourth-order valence-corrected chi connectivity index (χ4v) is 2.45. The lowest BCUT2D eigenvalue weighted by Gasteiger charge is -2.13. The summed E-state index contributed by atoms with van der Waals surface area (Å²) < 4.78 is 23.1.